The average Bonchev–Trinajstić information content (AvgIpc) is 2.65. The Morgan fingerprint density at radius 3 is 2.50 bits per heavy atom. The number of carbonyl (C=O) groups excluding carboxylic acids is 1. The van der Waals surface area contributed by atoms with E-state index in [0.29, 0.717) is 38.8 Å². The van der Waals surface area contributed by atoms with Crippen molar-refractivity contribution in [3.8, 4) is 5.75 Å². The molecule has 1 aliphatic rings. The third kappa shape index (κ3) is 4.01. The summed E-state index contributed by atoms with van der Waals surface area (Å²) in [6.45, 7) is 1.03. The predicted molar refractivity (Wildman–Crippen MR) is 103 cm³/mol. The highest BCUT2D eigenvalue weighted by Crippen LogP contribution is 2.29. The third-order valence-corrected chi connectivity index (χ3v) is 6.89. The highest BCUT2D eigenvalue weighted by atomic mass is 32.2. The van der Waals surface area contributed by atoms with Crippen molar-refractivity contribution in [3.05, 3.63) is 42.0 Å². The van der Waals surface area contributed by atoms with Gasteiger partial charge in [0.25, 0.3) is 0 Å². The predicted octanol–water partition coefficient (Wildman–Crippen LogP) is 2.82. The average molecular weight is 375 g/mol. The molecule has 1 saturated heterocycles. The molecule has 2 aromatic carbocycles. The summed E-state index contributed by atoms with van der Waals surface area (Å²) in [5.41, 5.74) is 1.05. The molecule has 5 nitrogen and oxygen atoms in total. The van der Waals surface area contributed by atoms with Crippen LogP contribution in [0.15, 0.2) is 36.4 Å². The van der Waals surface area contributed by atoms with E-state index >= 15 is 0 Å². The number of methoxy groups -OCH3 is 1. The lowest BCUT2D eigenvalue weighted by Crippen LogP contribution is -2.42. The molecule has 0 radical (unpaired) electrons. The third-order valence-electron chi connectivity index (χ3n) is 5.21. The van der Waals surface area contributed by atoms with Crippen molar-refractivity contribution >= 4 is 26.5 Å². The van der Waals surface area contributed by atoms with Gasteiger partial charge in [-0.05, 0) is 36.1 Å². The van der Waals surface area contributed by atoms with Gasteiger partial charge in [-0.15, -0.1) is 0 Å². The van der Waals surface area contributed by atoms with Crippen LogP contribution in [-0.4, -0.2) is 50.9 Å². The minimum atomic E-state index is -3.02. The van der Waals surface area contributed by atoms with Gasteiger partial charge in [-0.2, -0.15) is 0 Å². The number of hydrogen-bond acceptors (Lipinski definition) is 4. The van der Waals surface area contributed by atoms with Gasteiger partial charge in [-0.1, -0.05) is 30.3 Å². The molecule has 0 unspecified atom stereocenters. The van der Waals surface area contributed by atoms with E-state index in [1.807, 2.05) is 24.3 Å². The fraction of sp³-hybridized carbons (Fsp3) is 0.450. The molecule has 0 aliphatic carbocycles. The summed E-state index contributed by atoms with van der Waals surface area (Å²) >= 11 is 0. The largest absolute Gasteiger partial charge is 0.496 e. The van der Waals surface area contributed by atoms with E-state index in [0.717, 1.165) is 22.1 Å². The topological polar surface area (TPSA) is 63.7 Å². The van der Waals surface area contributed by atoms with Crippen LogP contribution in [0.1, 0.15) is 24.8 Å². The summed E-state index contributed by atoms with van der Waals surface area (Å²) in [7, 11) is -1.37. The van der Waals surface area contributed by atoms with Gasteiger partial charge in [0.1, 0.15) is 15.6 Å². The van der Waals surface area contributed by atoms with Gasteiger partial charge in [-0.3, -0.25) is 4.79 Å². The van der Waals surface area contributed by atoms with Crippen molar-refractivity contribution in [1.29, 1.82) is 0 Å². The van der Waals surface area contributed by atoms with Crippen LogP contribution in [0.5, 0.6) is 5.75 Å². The van der Waals surface area contributed by atoms with Gasteiger partial charge in [0.05, 0.1) is 12.4 Å². The van der Waals surface area contributed by atoms with Crippen LogP contribution in [0.2, 0.25) is 0 Å². The van der Waals surface area contributed by atoms with E-state index in [2.05, 4.69) is 12.1 Å². The second kappa shape index (κ2) is 7.66. The molecule has 1 aliphatic heterocycles. The number of likely N-dealkylation sites (tertiary alicyclic amines) is 1. The van der Waals surface area contributed by atoms with E-state index in [9.17, 15) is 13.2 Å². The Bertz CT molecular complexity index is 899. The minimum absolute atomic E-state index is 0.0759. The molecule has 140 valence electrons. The zero-order valence-electron chi connectivity index (χ0n) is 15.3. The number of fused-ring (bicyclic) bond motifs is 1. The number of carbonyl (C=O) groups is 1. The first-order valence-electron chi connectivity index (χ1n) is 8.91. The van der Waals surface area contributed by atoms with Crippen molar-refractivity contribution in [3.63, 3.8) is 0 Å². The molecule has 2 aromatic rings. The van der Waals surface area contributed by atoms with Crippen molar-refractivity contribution in [2.24, 2.45) is 0 Å². The number of hydrogen-bond donors (Lipinski definition) is 0. The normalized spacial score (nSPS) is 16.0. The second-order valence-electron chi connectivity index (χ2n) is 6.88. The summed E-state index contributed by atoms with van der Waals surface area (Å²) < 4.78 is 28.8. The van der Waals surface area contributed by atoms with Crippen LogP contribution >= 0.6 is 0 Å². The Kier molecular flexibility index (Phi) is 5.51. The molecule has 1 amide bonds. The summed E-state index contributed by atoms with van der Waals surface area (Å²) in [5, 5.41) is 1.92. The molecular formula is C20H25NO4S. The number of sulfone groups is 1. The molecule has 0 saturated carbocycles. The number of amides is 1. The fourth-order valence-electron chi connectivity index (χ4n) is 3.69. The van der Waals surface area contributed by atoms with Crippen LogP contribution in [0.3, 0.4) is 0 Å². The first-order valence-corrected chi connectivity index (χ1v) is 10.9. The summed E-state index contributed by atoms with van der Waals surface area (Å²) in [4.78, 5) is 14.4. The molecule has 1 fully saturated rings. The maximum absolute atomic E-state index is 12.6. The molecule has 0 aromatic heterocycles. The van der Waals surface area contributed by atoms with Crippen molar-refractivity contribution in [1.82, 2.24) is 4.90 Å². The van der Waals surface area contributed by atoms with Crippen molar-refractivity contribution in [2.45, 2.75) is 30.9 Å². The lowest BCUT2D eigenvalue weighted by Gasteiger charge is -2.31. The van der Waals surface area contributed by atoms with Crippen molar-refractivity contribution in [2.75, 3.05) is 26.5 Å². The van der Waals surface area contributed by atoms with Crippen LogP contribution in [0, 0.1) is 0 Å². The number of aryl methyl sites for hydroxylation is 1. The molecule has 6 heteroatoms. The summed E-state index contributed by atoms with van der Waals surface area (Å²) in [5.74, 6) is 0.874. The van der Waals surface area contributed by atoms with E-state index in [1.165, 1.54) is 6.26 Å². The molecule has 1 heterocycles. The van der Waals surface area contributed by atoms with Crippen LogP contribution in [-0.2, 0) is 21.1 Å². The zero-order chi connectivity index (χ0) is 18.7. The van der Waals surface area contributed by atoms with Gasteiger partial charge >= 0.3 is 0 Å². The Morgan fingerprint density at radius 2 is 1.85 bits per heavy atom. The Labute approximate surface area is 154 Å². The van der Waals surface area contributed by atoms with E-state index < -0.39 is 9.84 Å². The van der Waals surface area contributed by atoms with Crippen LogP contribution < -0.4 is 4.74 Å². The standard InChI is InChI=1S/C20H25NO4S/c1-25-19-9-7-15-5-3-4-6-17(15)18(19)8-10-20(22)21-13-11-16(12-14-21)26(2,23)24/h3-7,9,16H,8,10-14H2,1-2H3. The highest BCUT2D eigenvalue weighted by Gasteiger charge is 2.28. The molecule has 0 bridgehead atoms. The highest BCUT2D eigenvalue weighted by molar-refractivity contribution is 7.91. The van der Waals surface area contributed by atoms with Gasteiger partial charge in [0, 0.05) is 31.3 Å². The van der Waals surface area contributed by atoms with E-state index in [4.69, 9.17) is 4.74 Å². The quantitative estimate of drug-likeness (QED) is 0.806. The zero-order valence-corrected chi connectivity index (χ0v) is 16.1. The van der Waals surface area contributed by atoms with Gasteiger partial charge in [0.15, 0.2) is 0 Å². The number of benzene rings is 2. The number of piperidine rings is 1. The van der Waals surface area contributed by atoms with Crippen LogP contribution in [0.25, 0.3) is 10.8 Å². The monoisotopic (exact) mass is 375 g/mol. The first kappa shape index (κ1) is 18.7. The molecule has 3 rings (SSSR count). The van der Waals surface area contributed by atoms with Gasteiger partial charge < -0.3 is 9.64 Å². The fourth-order valence-corrected chi connectivity index (χ4v) is 4.76. The number of rotatable bonds is 5. The smallest absolute Gasteiger partial charge is 0.222 e. The first-order chi connectivity index (χ1) is 12.4. The van der Waals surface area contributed by atoms with Crippen molar-refractivity contribution < 1.29 is 17.9 Å². The lowest BCUT2D eigenvalue weighted by molar-refractivity contribution is -0.132. The molecule has 0 atom stereocenters. The Hall–Kier alpha value is -2.08. The van der Waals surface area contributed by atoms with E-state index in [1.54, 1.807) is 12.0 Å². The number of ether oxygens (including phenoxy) is 1. The molecular weight excluding hydrogens is 350 g/mol. The van der Waals surface area contributed by atoms with Gasteiger partial charge in [-0.25, -0.2) is 8.42 Å². The lowest BCUT2D eigenvalue weighted by atomic mass is 9.99. The minimum Gasteiger partial charge on any atom is -0.496 e. The van der Waals surface area contributed by atoms with Crippen LogP contribution in [0.4, 0.5) is 0 Å². The maximum Gasteiger partial charge on any atom is 0.222 e. The molecule has 26 heavy (non-hydrogen) atoms. The summed E-state index contributed by atoms with van der Waals surface area (Å²) in [6, 6.07) is 12.1. The Morgan fingerprint density at radius 1 is 1.15 bits per heavy atom. The molecule has 0 N–H and O–H groups in total. The van der Waals surface area contributed by atoms with E-state index in [-0.39, 0.29) is 11.2 Å². The maximum atomic E-state index is 12.6. The Balaban J connectivity index is 1.68. The second-order valence-corrected chi connectivity index (χ2v) is 9.20. The van der Waals surface area contributed by atoms with Gasteiger partial charge in [0.2, 0.25) is 5.91 Å². The SMILES string of the molecule is COc1ccc2ccccc2c1CCC(=O)N1CCC(S(C)(=O)=O)CC1. The number of nitrogens with zero attached hydrogens (tertiary/aromatic N) is 1. The molecule has 0 spiro atoms. The summed E-state index contributed by atoms with van der Waals surface area (Å²) in [6.07, 6.45) is 3.34.